The van der Waals surface area contributed by atoms with Crippen LogP contribution in [0.25, 0.3) is 17.8 Å². The Kier molecular flexibility index (Phi) is 4.12. The lowest BCUT2D eigenvalue weighted by Gasteiger charge is -2.05. The molecule has 4 nitrogen and oxygen atoms in total. The third-order valence-electron chi connectivity index (χ3n) is 3.41. The summed E-state index contributed by atoms with van der Waals surface area (Å²) in [6.45, 7) is 1.90. The summed E-state index contributed by atoms with van der Waals surface area (Å²) in [6.07, 6.45) is 3.92. The number of benzene rings is 2. The van der Waals surface area contributed by atoms with E-state index in [1.165, 1.54) is 0 Å². The molecule has 110 valence electrons. The van der Waals surface area contributed by atoms with Crippen LogP contribution in [0.4, 0.5) is 0 Å². The Hall–Kier alpha value is -2.72. The third kappa shape index (κ3) is 2.97. The van der Waals surface area contributed by atoms with Crippen molar-refractivity contribution in [1.82, 2.24) is 15.0 Å². The van der Waals surface area contributed by atoms with Gasteiger partial charge in [-0.05, 0) is 36.3 Å². The maximum atomic E-state index is 9.48. The summed E-state index contributed by atoms with van der Waals surface area (Å²) in [5.74, 6) is 0. The molecule has 1 aromatic heterocycles. The fourth-order valence-electron chi connectivity index (χ4n) is 2.29. The highest BCUT2D eigenvalue weighted by Gasteiger charge is 2.11. The van der Waals surface area contributed by atoms with E-state index in [-0.39, 0.29) is 6.61 Å². The van der Waals surface area contributed by atoms with Crippen molar-refractivity contribution < 1.29 is 5.11 Å². The minimum atomic E-state index is -0.139. The normalized spacial score (nSPS) is 11.2. The lowest BCUT2D eigenvalue weighted by atomic mass is 10.2. The van der Waals surface area contributed by atoms with E-state index in [0.29, 0.717) is 5.69 Å². The molecule has 0 radical (unpaired) electrons. The van der Waals surface area contributed by atoms with Gasteiger partial charge >= 0.3 is 0 Å². The van der Waals surface area contributed by atoms with Crippen molar-refractivity contribution in [2.24, 2.45) is 0 Å². The number of nitrogens with zero attached hydrogens (tertiary/aromatic N) is 3. The first-order valence-electron chi connectivity index (χ1n) is 7.13. The zero-order valence-corrected chi connectivity index (χ0v) is 12.3. The van der Waals surface area contributed by atoms with Crippen molar-refractivity contribution in [3.05, 3.63) is 77.1 Å². The second-order valence-corrected chi connectivity index (χ2v) is 5.07. The topological polar surface area (TPSA) is 50.9 Å². The molecule has 1 heterocycles. The summed E-state index contributed by atoms with van der Waals surface area (Å²) >= 11 is 0. The van der Waals surface area contributed by atoms with E-state index in [4.69, 9.17) is 0 Å². The van der Waals surface area contributed by atoms with Crippen LogP contribution in [0.5, 0.6) is 0 Å². The van der Waals surface area contributed by atoms with Gasteiger partial charge in [0.05, 0.1) is 18.0 Å². The molecule has 3 rings (SSSR count). The molecule has 1 N–H and O–H groups in total. The fraction of sp³-hybridized carbons (Fsp3) is 0.111. The van der Waals surface area contributed by atoms with Crippen LogP contribution >= 0.6 is 0 Å². The zero-order chi connectivity index (χ0) is 15.4. The first-order chi connectivity index (χ1) is 10.8. The SMILES string of the molecule is Cc1cccc(-n2nnc(CO)c2/C=C/c2ccccc2)c1. The Balaban J connectivity index is 2.03. The number of aryl methyl sites for hydroxylation is 1. The van der Waals surface area contributed by atoms with Crippen LogP contribution in [0.3, 0.4) is 0 Å². The van der Waals surface area contributed by atoms with Crippen molar-refractivity contribution in [1.29, 1.82) is 0 Å². The molecule has 0 saturated carbocycles. The molecule has 0 amide bonds. The Morgan fingerprint density at radius 3 is 2.59 bits per heavy atom. The van der Waals surface area contributed by atoms with Crippen LogP contribution < -0.4 is 0 Å². The molecule has 0 aliphatic heterocycles. The minimum Gasteiger partial charge on any atom is -0.390 e. The predicted octanol–water partition coefficient (Wildman–Crippen LogP) is 3.24. The van der Waals surface area contributed by atoms with E-state index in [1.807, 2.05) is 73.7 Å². The molecular weight excluding hydrogens is 274 g/mol. The Morgan fingerprint density at radius 1 is 1.05 bits per heavy atom. The Morgan fingerprint density at radius 2 is 1.86 bits per heavy atom. The molecule has 0 spiro atoms. The van der Waals surface area contributed by atoms with Crippen molar-refractivity contribution in [3.8, 4) is 5.69 Å². The largest absolute Gasteiger partial charge is 0.390 e. The molecule has 0 aliphatic carbocycles. The number of hydrogen-bond donors (Lipinski definition) is 1. The summed E-state index contributed by atoms with van der Waals surface area (Å²) in [5.41, 5.74) is 4.52. The van der Waals surface area contributed by atoms with Gasteiger partial charge in [0.15, 0.2) is 0 Å². The van der Waals surface area contributed by atoms with Crippen LogP contribution in [-0.2, 0) is 6.61 Å². The summed E-state index contributed by atoms with van der Waals surface area (Å²) in [5, 5.41) is 17.7. The van der Waals surface area contributed by atoms with E-state index >= 15 is 0 Å². The number of aromatic nitrogens is 3. The highest BCUT2D eigenvalue weighted by Crippen LogP contribution is 2.17. The van der Waals surface area contributed by atoms with Gasteiger partial charge in [-0.2, -0.15) is 0 Å². The monoisotopic (exact) mass is 291 g/mol. The minimum absolute atomic E-state index is 0.139. The van der Waals surface area contributed by atoms with Crippen molar-refractivity contribution in [2.75, 3.05) is 0 Å². The summed E-state index contributed by atoms with van der Waals surface area (Å²) < 4.78 is 1.75. The highest BCUT2D eigenvalue weighted by molar-refractivity contribution is 5.69. The quantitative estimate of drug-likeness (QED) is 0.803. The maximum Gasteiger partial charge on any atom is 0.116 e. The number of hydrogen-bond acceptors (Lipinski definition) is 3. The van der Waals surface area contributed by atoms with E-state index in [9.17, 15) is 5.11 Å². The molecule has 0 unspecified atom stereocenters. The van der Waals surface area contributed by atoms with Crippen molar-refractivity contribution in [3.63, 3.8) is 0 Å². The average Bonchev–Trinajstić information content (AvgIpc) is 2.97. The lowest BCUT2D eigenvalue weighted by Crippen LogP contribution is -2.00. The summed E-state index contributed by atoms with van der Waals surface area (Å²) in [4.78, 5) is 0. The highest BCUT2D eigenvalue weighted by atomic mass is 16.3. The van der Waals surface area contributed by atoms with Gasteiger partial charge in [-0.15, -0.1) is 5.10 Å². The van der Waals surface area contributed by atoms with E-state index in [0.717, 1.165) is 22.5 Å². The van der Waals surface area contributed by atoms with Gasteiger partial charge in [0.25, 0.3) is 0 Å². The smallest absolute Gasteiger partial charge is 0.116 e. The standard InChI is InChI=1S/C18H17N3O/c1-14-6-5-9-16(12-14)21-18(17(13-22)19-20-21)11-10-15-7-3-2-4-8-15/h2-12,22H,13H2,1H3/b11-10+. The van der Waals surface area contributed by atoms with Crippen LogP contribution in [0, 0.1) is 6.92 Å². The number of aliphatic hydroxyl groups excluding tert-OH is 1. The molecule has 4 heteroatoms. The third-order valence-corrected chi connectivity index (χ3v) is 3.41. The van der Waals surface area contributed by atoms with Gasteiger partial charge in [0.1, 0.15) is 5.69 Å². The molecule has 22 heavy (non-hydrogen) atoms. The molecule has 0 atom stereocenters. The van der Waals surface area contributed by atoms with E-state index < -0.39 is 0 Å². The summed E-state index contributed by atoms with van der Waals surface area (Å²) in [6, 6.07) is 18.0. The van der Waals surface area contributed by atoms with Crippen LogP contribution in [0.1, 0.15) is 22.5 Å². The van der Waals surface area contributed by atoms with Crippen LogP contribution in [0.15, 0.2) is 54.6 Å². The van der Waals surface area contributed by atoms with Gasteiger partial charge in [0, 0.05) is 0 Å². The van der Waals surface area contributed by atoms with E-state index in [1.54, 1.807) is 4.68 Å². The number of rotatable bonds is 4. The summed E-state index contributed by atoms with van der Waals surface area (Å²) in [7, 11) is 0. The molecule has 3 aromatic rings. The molecule has 0 fully saturated rings. The van der Waals surface area contributed by atoms with Gasteiger partial charge in [0.2, 0.25) is 0 Å². The second kappa shape index (κ2) is 6.37. The molecular formula is C18H17N3O. The van der Waals surface area contributed by atoms with Gasteiger partial charge in [-0.25, -0.2) is 4.68 Å². The maximum absolute atomic E-state index is 9.48. The average molecular weight is 291 g/mol. The lowest BCUT2D eigenvalue weighted by molar-refractivity contribution is 0.276. The fourth-order valence-corrected chi connectivity index (χ4v) is 2.29. The number of aliphatic hydroxyl groups is 1. The first kappa shape index (κ1) is 14.2. The molecule has 0 saturated heterocycles. The van der Waals surface area contributed by atoms with Crippen molar-refractivity contribution >= 4 is 12.2 Å². The predicted molar refractivity (Wildman–Crippen MR) is 87.4 cm³/mol. The first-order valence-corrected chi connectivity index (χ1v) is 7.13. The molecule has 2 aromatic carbocycles. The molecule has 0 aliphatic rings. The zero-order valence-electron chi connectivity index (χ0n) is 12.3. The van der Waals surface area contributed by atoms with Crippen LogP contribution in [0.2, 0.25) is 0 Å². The van der Waals surface area contributed by atoms with Gasteiger partial charge < -0.3 is 5.11 Å². The van der Waals surface area contributed by atoms with Crippen LogP contribution in [-0.4, -0.2) is 20.1 Å². The second-order valence-electron chi connectivity index (χ2n) is 5.07. The van der Waals surface area contributed by atoms with Gasteiger partial charge in [-0.1, -0.05) is 53.8 Å². The Labute approximate surface area is 129 Å². The van der Waals surface area contributed by atoms with Crippen molar-refractivity contribution in [2.45, 2.75) is 13.5 Å². The molecule has 0 bridgehead atoms. The Bertz CT molecular complexity index is 791. The van der Waals surface area contributed by atoms with Gasteiger partial charge in [-0.3, -0.25) is 0 Å². The van der Waals surface area contributed by atoms with E-state index in [2.05, 4.69) is 10.3 Å².